The molecule has 0 radical (unpaired) electrons. The summed E-state index contributed by atoms with van der Waals surface area (Å²) in [5, 5.41) is 7.89. The fourth-order valence-corrected chi connectivity index (χ4v) is 5.91. The maximum atomic E-state index is 13.2. The van der Waals surface area contributed by atoms with E-state index >= 15 is 0 Å². The maximum absolute atomic E-state index is 13.2. The number of aryl methyl sites for hydroxylation is 1. The number of benzene rings is 1. The van der Waals surface area contributed by atoms with E-state index in [1.54, 1.807) is 0 Å². The van der Waals surface area contributed by atoms with Gasteiger partial charge in [0, 0.05) is 18.5 Å². The Labute approximate surface area is 197 Å². The van der Waals surface area contributed by atoms with Crippen LogP contribution in [-0.2, 0) is 19.6 Å². The molecule has 2 aromatic rings. The SMILES string of the molecule is CC[C@@H](C)[C@H](NC(=O)[C@@H]1CCCN(S(=O)(=O)c2ccc(F)cc2)C1)C(=O)Nc1nc(C)cs1. The molecule has 3 atom stereocenters. The van der Waals surface area contributed by atoms with Gasteiger partial charge in [-0.3, -0.25) is 9.59 Å². The summed E-state index contributed by atoms with van der Waals surface area (Å²) in [5.41, 5.74) is 0.795. The van der Waals surface area contributed by atoms with Crippen LogP contribution in [0.1, 0.15) is 38.8 Å². The number of rotatable bonds is 8. The van der Waals surface area contributed by atoms with Crippen LogP contribution in [0.4, 0.5) is 9.52 Å². The number of amides is 2. The highest BCUT2D eigenvalue weighted by Gasteiger charge is 2.35. The van der Waals surface area contributed by atoms with Crippen molar-refractivity contribution in [2.45, 2.75) is 51.0 Å². The summed E-state index contributed by atoms with van der Waals surface area (Å²) in [6.45, 7) is 5.93. The van der Waals surface area contributed by atoms with Crippen LogP contribution in [0.15, 0.2) is 34.5 Å². The Hall–Kier alpha value is -2.37. The molecule has 1 aromatic heterocycles. The van der Waals surface area contributed by atoms with E-state index in [1.807, 2.05) is 26.2 Å². The zero-order valence-corrected chi connectivity index (χ0v) is 20.5. The Morgan fingerprint density at radius 1 is 1.30 bits per heavy atom. The zero-order chi connectivity index (χ0) is 24.2. The number of halogens is 1. The summed E-state index contributed by atoms with van der Waals surface area (Å²) >= 11 is 1.31. The van der Waals surface area contributed by atoms with Gasteiger partial charge in [0.25, 0.3) is 0 Å². The minimum atomic E-state index is -3.85. The number of carbonyl (C=O) groups is 2. The van der Waals surface area contributed by atoms with Crippen molar-refractivity contribution in [3.63, 3.8) is 0 Å². The molecule has 11 heteroatoms. The van der Waals surface area contributed by atoms with Crippen LogP contribution >= 0.6 is 11.3 Å². The molecule has 2 amide bonds. The average Bonchev–Trinajstić information content (AvgIpc) is 3.21. The molecule has 1 fully saturated rings. The normalized spacial score (nSPS) is 19.0. The lowest BCUT2D eigenvalue weighted by Crippen LogP contribution is -2.52. The second kappa shape index (κ2) is 10.7. The minimum absolute atomic E-state index is 0.00601. The van der Waals surface area contributed by atoms with E-state index in [9.17, 15) is 22.4 Å². The molecule has 1 aliphatic rings. The van der Waals surface area contributed by atoms with Gasteiger partial charge in [0.1, 0.15) is 11.9 Å². The molecule has 0 bridgehead atoms. The highest BCUT2D eigenvalue weighted by molar-refractivity contribution is 7.89. The van der Waals surface area contributed by atoms with E-state index in [4.69, 9.17) is 0 Å². The number of anilines is 1. The molecule has 0 unspecified atom stereocenters. The van der Waals surface area contributed by atoms with Gasteiger partial charge in [-0.2, -0.15) is 4.31 Å². The first kappa shape index (κ1) is 25.3. The van der Waals surface area contributed by atoms with Crippen LogP contribution in [0.2, 0.25) is 0 Å². The second-order valence-electron chi connectivity index (χ2n) is 8.31. The van der Waals surface area contributed by atoms with Gasteiger partial charge < -0.3 is 10.6 Å². The lowest BCUT2D eigenvalue weighted by atomic mass is 9.95. The molecule has 0 spiro atoms. The highest BCUT2D eigenvalue weighted by Crippen LogP contribution is 2.25. The predicted molar refractivity (Wildman–Crippen MR) is 125 cm³/mol. The van der Waals surface area contributed by atoms with E-state index in [0.29, 0.717) is 24.4 Å². The third-order valence-electron chi connectivity index (χ3n) is 5.85. The smallest absolute Gasteiger partial charge is 0.249 e. The number of piperidine rings is 1. The first-order valence-electron chi connectivity index (χ1n) is 10.9. The summed E-state index contributed by atoms with van der Waals surface area (Å²) in [6.07, 6.45) is 1.70. The Morgan fingerprint density at radius 2 is 2.00 bits per heavy atom. The number of aromatic nitrogens is 1. The largest absolute Gasteiger partial charge is 0.344 e. The van der Waals surface area contributed by atoms with Crippen molar-refractivity contribution in [1.29, 1.82) is 0 Å². The molecule has 1 aliphatic heterocycles. The van der Waals surface area contributed by atoms with Crippen molar-refractivity contribution in [2.75, 3.05) is 18.4 Å². The van der Waals surface area contributed by atoms with Crippen LogP contribution < -0.4 is 10.6 Å². The molecule has 33 heavy (non-hydrogen) atoms. The molecule has 0 saturated carbocycles. The zero-order valence-electron chi connectivity index (χ0n) is 18.9. The quantitative estimate of drug-likeness (QED) is 0.584. The number of nitrogens with one attached hydrogen (secondary N) is 2. The van der Waals surface area contributed by atoms with Crippen molar-refractivity contribution >= 4 is 38.3 Å². The Bertz CT molecular complexity index is 1090. The predicted octanol–water partition coefficient (Wildman–Crippen LogP) is 3.16. The highest BCUT2D eigenvalue weighted by atomic mass is 32.2. The first-order chi connectivity index (χ1) is 15.6. The fraction of sp³-hybridized carbons (Fsp3) is 0.500. The van der Waals surface area contributed by atoms with Crippen LogP contribution in [0.25, 0.3) is 0 Å². The molecule has 180 valence electrons. The maximum Gasteiger partial charge on any atom is 0.249 e. The number of hydrogen-bond donors (Lipinski definition) is 2. The summed E-state index contributed by atoms with van der Waals surface area (Å²) in [6, 6.07) is 3.87. The van der Waals surface area contributed by atoms with Crippen molar-refractivity contribution in [1.82, 2.24) is 14.6 Å². The van der Waals surface area contributed by atoms with Crippen LogP contribution in [-0.4, -0.2) is 48.7 Å². The number of sulfonamides is 1. The minimum Gasteiger partial charge on any atom is -0.344 e. The topological polar surface area (TPSA) is 108 Å². The molecule has 2 heterocycles. The van der Waals surface area contributed by atoms with Crippen LogP contribution in [0.5, 0.6) is 0 Å². The molecule has 0 aliphatic carbocycles. The van der Waals surface area contributed by atoms with E-state index in [2.05, 4.69) is 15.6 Å². The van der Waals surface area contributed by atoms with E-state index in [1.165, 1.54) is 27.8 Å². The number of thiazole rings is 1. The van der Waals surface area contributed by atoms with Crippen LogP contribution in [0, 0.1) is 24.6 Å². The van der Waals surface area contributed by atoms with Gasteiger partial charge in [0.15, 0.2) is 5.13 Å². The molecule has 8 nitrogen and oxygen atoms in total. The molecule has 3 rings (SSSR count). The first-order valence-corrected chi connectivity index (χ1v) is 13.2. The molecule has 1 aromatic carbocycles. The van der Waals surface area contributed by atoms with Gasteiger partial charge in [-0.05, 0) is 49.9 Å². The van der Waals surface area contributed by atoms with Crippen LogP contribution in [0.3, 0.4) is 0 Å². The van der Waals surface area contributed by atoms with Crippen molar-refractivity contribution in [3.8, 4) is 0 Å². The fourth-order valence-electron chi connectivity index (χ4n) is 3.70. The van der Waals surface area contributed by atoms with E-state index < -0.39 is 27.8 Å². The summed E-state index contributed by atoms with van der Waals surface area (Å²) in [7, 11) is -3.85. The Balaban J connectivity index is 1.70. The van der Waals surface area contributed by atoms with Gasteiger partial charge in [-0.1, -0.05) is 20.3 Å². The lowest BCUT2D eigenvalue weighted by Gasteiger charge is -2.32. The molecule has 2 N–H and O–H groups in total. The standard InChI is InChI=1S/C22H29FN4O4S2/c1-4-14(2)19(21(29)26-22-24-15(3)13-32-22)25-20(28)16-6-5-11-27(12-16)33(30,31)18-9-7-17(23)8-10-18/h7-10,13-14,16,19H,4-6,11-12H2,1-3H3,(H,25,28)(H,24,26,29)/t14-,16-,19+/m1/s1. The number of carbonyl (C=O) groups excluding carboxylic acids is 2. The van der Waals surface area contributed by atoms with Gasteiger partial charge >= 0.3 is 0 Å². The monoisotopic (exact) mass is 496 g/mol. The van der Waals surface area contributed by atoms with Gasteiger partial charge in [0.05, 0.1) is 16.5 Å². The summed E-state index contributed by atoms with van der Waals surface area (Å²) < 4.78 is 40.4. The number of nitrogens with zero attached hydrogens (tertiary/aromatic N) is 2. The molecule has 1 saturated heterocycles. The molecular formula is C22H29FN4O4S2. The Kier molecular flexibility index (Phi) is 8.19. The van der Waals surface area contributed by atoms with Crippen molar-refractivity contribution in [2.24, 2.45) is 11.8 Å². The number of hydrogen-bond acceptors (Lipinski definition) is 6. The van der Waals surface area contributed by atoms with Crippen molar-refractivity contribution < 1.29 is 22.4 Å². The van der Waals surface area contributed by atoms with Gasteiger partial charge in [0.2, 0.25) is 21.8 Å². The van der Waals surface area contributed by atoms with Gasteiger partial charge in [-0.25, -0.2) is 17.8 Å². The third kappa shape index (κ3) is 6.15. The van der Waals surface area contributed by atoms with E-state index in [0.717, 1.165) is 17.8 Å². The second-order valence-corrected chi connectivity index (χ2v) is 11.1. The average molecular weight is 497 g/mol. The lowest BCUT2D eigenvalue weighted by molar-refractivity contribution is -0.131. The van der Waals surface area contributed by atoms with Gasteiger partial charge in [-0.15, -0.1) is 11.3 Å². The van der Waals surface area contributed by atoms with E-state index in [-0.39, 0.29) is 35.7 Å². The van der Waals surface area contributed by atoms with Crippen molar-refractivity contribution in [3.05, 3.63) is 41.2 Å². The Morgan fingerprint density at radius 3 is 2.61 bits per heavy atom. The summed E-state index contributed by atoms with van der Waals surface area (Å²) in [5.74, 6) is -1.94. The summed E-state index contributed by atoms with van der Waals surface area (Å²) in [4.78, 5) is 30.2. The molecular weight excluding hydrogens is 467 g/mol. The third-order valence-corrected chi connectivity index (χ3v) is 8.60.